The molecular weight excluding hydrogens is 1120 g/mol. The predicted molar refractivity (Wildman–Crippen MR) is 344 cm³/mol. The van der Waals surface area contributed by atoms with Gasteiger partial charge in [-0.25, -0.2) is 19.9 Å². The lowest BCUT2D eigenvalue weighted by molar-refractivity contribution is 0.00578. The maximum absolute atomic E-state index is 6.16. The van der Waals surface area contributed by atoms with Gasteiger partial charge in [0.15, 0.2) is 0 Å². The Morgan fingerprint density at radius 3 is 1.38 bits per heavy atom. The molecule has 1 aliphatic rings. The van der Waals surface area contributed by atoms with E-state index in [0.717, 1.165) is 110 Å². The van der Waals surface area contributed by atoms with E-state index in [1.165, 1.54) is 29.8 Å². The molecule has 0 unspecified atom stereocenters. The van der Waals surface area contributed by atoms with Gasteiger partial charge in [-0.2, -0.15) is 0 Å². The minimum Gasteiger partial charge on any atom is -0.399 e. The number of imidazole rings is 2. The van der Waals surface area contributed by atoms with Gasteiger partial charge in [0.05, 0.1) is 44.7 Å². The first-order chi connectivity index (χ1) is 40.0. The summed E-state index contributed by atoms with van der Waals surface area (Å²) in [6.07, 6.45) is 7.91. The van der Waals surface area contributed by atoms with Crippen molar-refractivity contribution in [3.8, 4) is 33.6 Å². The number of nitrogens with zero attached hydrogens (tertiary/aromatic N) is 8. The highest BCUT2D eigenvalue weighted by Gasteiger charge is 2.51. The molecule has 0 atom stereocenters. The van der Waals surface area contributed by atoms with Crippen LogP contribution in [-0.2, 0) is 9.31 Å². The molecule has 10 aromatic heterocycles. The van der Waals surface area contributed by atoms with Gasteiger partial charge in [-0.3, -0.25) is 18.8 Å². The predicted octanol–water partition coefficient (Wildman–Crippen LogP) is 17.3. The first kappa shape index (κ1) is 50.2. The van der Waals surface area contributed by atoms with Gasteiger partial charge in [0, 0.05) is 82.1 Å². The number of hydrogen-bond acceptors (Lipinski definition) is 10. The Hall–Kier alpha value is -8.76. The largest absolute Gasteiger partial charge is 0.494 e. The minimum absolute atomic E-state index is 0.343. The van der Waals surface area contributed by atoms with Crippen molar-refractivity contribution in [2.45, 2.75) is 38.9 Å². The number of fused-ring (bicyclic) bond motifs is 16. The van der Waals surface area contributed by atoms with Gasteiger partial charge >= 0.3 is 7.12 Å². The zero-order chi connectivity index (χ0) is 55.3. The van der Waals surface area contributed by atoms with Crippen molar-refractivity contribution in [1.82, 2.24) is 38.7 Å². The SMILES string of the molecule is Brc1ccc2nc3c4ccccc4sc3n2c1.CC1(C)OB(c2ccc(-c3ccc4ccc5cccnc5c4n3)cc2)OC1(C)C.c1cnc2c(c1)ccc1ccc(-c3ccc(-c4ccc5nc6c7ccccc7sc6n5c4)cc3)nc12. The molecule has 11 heterocycles. The van der Waals surface area contributed by atoms with Crippen LogP contribution in [0.4, 0.5) is 0 Å². The van der Waals surface area contributed by atoms with Gasteiger partial charge in [0.25, 0.3) is 0 Å². The molecule has 0 radical (unpaired) electrons. The van der Waals surface area contributed by atoms with Crippen LogP contribution >= 0.6 is 38.6 Å². The third-order valence-electron chi connectivity index (χ3n) is 15.9. The lowest BCUT2D eigenvalue weighted by atomic mass is 9.79. The van der Waals surface area contributed by atoms with E-state index in [2.05, 4.69) is 245 Å². The summed E-state index contributed by atoms with van der Waals surface area (Å²) in [5.74, 6) is 0. The van der Waals surface area contributed by atoms with Crippen LogP contribution in [0.3, 0.4) is 0 Å². The molecule has 0 bridgehead atoms. The van der Waals surface area contributed by atoms with Crippen LogP contribution in [0.5, 0.6) is 0 Å². The van der Waals surface area contributed by atoms with Gasteiger partial charge < -0.3 is 9.31 Å². The number of halogens is 1. The number of benzene rings is 6. The van der Waals surface area contributed by atoms with Crippen LogP contribution in [-0.4, -0.2) is 57.0 Å². The number of pyridine rings is 6. The fraction of sp³-hybridized carbons (Fsp3) is 0.0882. The van der Waals surface area contributed by atoms with Gasteiger partial charge in [-0.1, -0.05) is 133 Å². The zero-order valence-electron chi connectivity index (χ0n) is 45.0. The Morgan fingerprint density at radius 1 is 0.402 bits per heavy atom. The van der Waals surface area contributed by atoms with E-state index in [0.29, 0.717) is 0 Å². The first-order valence-electron chi connectivity index (χ1n) is 27.1. The molecule has 6 aromatic carbocycles. The Kier molecular flexibility index (Phi) is 12.1. The number of aromatic nitrogens is 8. The summed E-state index contributed by atoms with van der Waals surface area (Å²) < 4.78 is 20.3. The highest BCUT2D eigenvalue weighted by atomic mass is 79.9. The third kappa shape index (κ3) is 8.77. The van der Waals surface area contributed by atoms with Crippen LogP contribution in [0.1, 0.15) is 27.7 Å². The Balaban J connectivity index is 0.000000112. The minimum atomic E-state index is -0.355. The fourth-order valence-electron chi connectivity index (χ4n) is 10.8. The molecule has 14 heteroatoms. The lowest BCUT2D eigenvalue weighted by Crippen LogP contribution is -2.41. The van der Waals surface area contributed by atoms with Crippen molar-refractivity contribution in [2.75, 3.05) is 0 Å². The standard InChI is InChI=1S/C31H18N4S.C24H23BN2O2.C13H7BrN2S/c1-2-6-26-24(5-1)30-31(36-26)35-18-23(14-16-27(35)34-30)19-7-9-20(10-8-19)25-15-13-22-12-11-21-4-3-17-32-28(21)29(22)33-25;1-23(2)24(3,4)29-25(28-23)19-12-9-16(10-13-19)20-14-11-18-8-7-17-6-5-15-26-21(17)22(18)27-20;14-8-5-6-11-15-12-9-3-1-2-4-10(9)17-13(12)16(11)7-8/h1-18H;5-15H,1-4H3;1-7H. The summed E-state index contributed by atoms with van der Waals surface area (Å²) in [4.78, 5) is 31.0. The number of hydrogen-bond donors (Lipinski definition) is 0. The van der Waals surface area contributed by atoms with Crippen molar-refractivity contribution >= 4 is 147 Å². The molecule has 1 saturated heterocycles. The summed E-state index contributed by atoms with van der Waals surface area (Å²) in [5, 5.41) is 6.86. The Labute approximate surface area is 487 Å². The molecule has 0 aliphatic carbocycles. The summed E-state index contributed by atoms with van der Waals surface area (Å²) in [7, 11) is -0.355. The number of rotatable bonds is 4. The van der Waals surface area contributed by atoms with E-state index < -0.39 is 0 Å². The van der Waals surface area contributed by atoms with E-state index >= 15 is 0 Å². The number of thiophene rings is 2. The molecule has 0 N–H and O–H groups in total. The van der Waals surface area contributed by atoms with Crippen molar-refractivity contribution in [1.29, 1.82) is 0 Å². The van der Waals surface area contributed by atoms with Crippen molar-refractivity contribution in [3.63, 3.8) is 0 Å². The van der Waals surface area contributed by atoms with E-state index in [1.807, 2.05) is 36.7 Å². The molecule has 394 valence electrons. The monoisotopic (exact) mass is 1160 g/mol. The average Bonchev–Trinajstić information content (AvgIpc) is 4.50. The van der Waals surface area contributed by atoms with E-state index in [1.54, 1.807) is 22.7 Å². The summed E-state index contributed by atoms with van der Waals surface area (Å²) in [6.45, 7) is 8.27. The van der Waals surface area contributed by atoms with Crippen LogP contribution in [0.25, 0.3) is 129 Å². The van der Waals surface area contributed by atoms with Crippen molar-refractivity contribution in [3.05, 3.63) is 223 Å². The summed E-state index contributed by atoms with van der Waals surface area (Å²) in [6, 6.07) is 66.9. The van der Waals surface area contributed by atoms with Gasteiger partial charge in [0.2, 0.25) is 0 Å². The van der Waals surface area contributed by atoms with Crippen LogP contribution in [0.15, 0.2) is 223 Å². The van der Waals surface area contributed by atoms with Crippen molar-refractivity contribution in [2.24, 2.45) is 0 Å². The topological polar surface area (TPSA) is 105 Å². The lowest BCUT2D eigenvalue weighted by Gasteiger charge is -2.32. The molecule has 1 aliphatic heterocycles. The normalized spacial score (nSPS) is 14.0. The van der Waals surface area contributed by atoms with Crippen LogP contribution in [0, 0.1) is 0 Å². The quantitative estimate of drug-likeness (QED) is 0.127. The molecule has 0 saturated carbocycles. The van der Waals surface area contributed by atoms with E-state index in [-0.39, 0.29) is 18.3 Å². The van der Waals surface area contributed by atoms with Gasteiger partial charge in [0.1, 0.15) is 32.0 Å². The highest BCUT2D eigenvalue weighted by molar-refractivity contribution is 9.10. The maximum atomic E-state index is 6.16. The average molecular weight is 1160 g/mol. The second-order valence-corrected chi connectivity index (χ2v) is 24.5. The molecule has 10 nitrogen and oxygen atoms in total. The van der Waals surface area contributed by atoms with Gasteiger partial charge in [-0.15, -0.1) is 22.7 Å². The molecule has 17 rings (SSSR count). The van der Waals surface area contributed by atoms with Crippen molar-refractivity contribution < 1.29 is 9.31 Å². The van der Waals surface area contributed by atoms with Crippen LogP contribution < -0.4 is 5.46 Å². The van der Waals surface area contributed by atoms with E-state index in [9.17, 15) is 0 Å². The molecular formula is C68H48BBrN8O2S2. The zero-order valence-corrected chi connectivity index (χ0v) is 48.2. The van der Waals surface area contributed by atoms with Crippen LogP contribution in [0.2, 0.25) is 0 Å². The second-order valence-electron chi connectivity index (χ2n) is 21.6. The second kappa shape index (κ2) is 19.8. The first-order valence-corrected chi connectivity index (χ1v) is 29.5. The molecule has 1 fully saturated rings. The van der Waals surface area contributed by atoms with E-state index in [4.69, 9.17) is 29.2 Å². The fourth-order valence-corrected chi connectivity index (χ4v) is 13.4. The Morgan fingerprint density at radius 2 is 0.841 bits per heavy atom. The molecule has 0 amide bonds. The summed E-state index contributed by atoms with van der Waals surface area (Å²) >= 11 is 7.08. The summed E-state index contributed by atoms with van der Waals surface area (Å²) in [5.41, 5.74) is 14.6. The molecule has 0 spiro atoms. The molecule has 16 aromatic rings. The maximum Gasteiger partial charge on any atom is 0.494 e. The smallest absolute Gasteiger partial charge is 0.399 e. The molecule has 82 heavy (non-hydrogen) atoms. The van der Waals surface area contributed by atoms with Gasteiger partial charge in [-0.05, 0) is 121 Å². The highest BCUT2D eigenvalue weighted by Crippen LogP contribution is 2.39. The Bertz CT molecular complexity index is 5150. The third-order valence-corrected chi connectivity index (χ3v) is 18.7.